The second-order valence-corrected chi connectivity index (χ2v) is 4.90. The summed E-state index contributed by atoms with van der Waals surface area (Å²) >= 11 is 0. The zero-order chi connectivity index (χ0) is 14.2. The number of rotatable bonds is 3. The van der Waals surface area contributed by atoms with Gasteiger partial charge in [0.15, 0.2) is 5.43 Å². The Morgan fingerprint density at radius 2 is 1.84 bits per heavy atom. The van der Waals surface area contributed by atoms with Crippen LogP contribution in [0.1, 0.15) is 31.0 Å². The van der Waals surface area contributed by atoms with Crippen molar-refractivity contribution in [3.63, 3.8) is 0 Å². The third-order valence-corrected chi connectivity index (χ3v) is 3.31. The average molecular weight is 261 g/mol. The molecule has 4 nitrogen and oxygen atoms in total. The van der Waals surface area contributed by atoms with Gasteiger partial charge in [-0.1, -0.05) is 13.8 Å². The fourth-order valence-electron chi connectivity index (χ4n) is 2.44. The zero-order valence-electron chi connectivity index (χ0n) is 12.0. The van der Waals surface area contributed by atoms with Crippen LogP contribution in [0, 0.1) is 6.92 Å². The van der Waals surface area contributed by atoms with Gasteiger partial charge < -0.3 is 14.5 Å². The van der Waals surface area contributed by atoms with Crippen molar-refractivity contribution < 1.29 is 9.47 Å². The van der Waals surface area contributed by atoms with E-state index in [1.807, 2.05) is 20.8 Å². The van der Waals surface area contributed by atoms with Crippen LogP contribution in [0.3, 0.4) is 0 Å². The average Bonchev–Trinajstić information content (AvgIpc) is 2.37. The molecule has 0 radical (unpaired) electrons. The molecular weight excluding hydrogens is 242 g/mol. The lowest BCUT2D eigenvalue weighted by atomic mass is 9.98. The minimum atomic E-state index is 0.0402. The number of ether oxygens (including phenoxy) is 2. The van der Waals surface area contributed by atoms with E-state index in [4.69, 9.17) is 9.47 Å². The molecular formula is C15H19NO3. The van der Waals surface area contributed by atoms with E-state index in [1.165, 1.54) is 0 Å². The molecule has 0 atom stereocenters. The highest BCUT2D eigenvalue weighted by Crippen LogP contribution is 2.29. The highest BCUT2D eigenvalue weighted by atomic mass is 16.5. The van der Waals surface area contributed by atoms with Crippen molar-refractivity contribution in [2.24, 2.45) is 0 Å². The predicted molar refractivity (Wildman–Crippen MR) is 76.5 cm³/mol. The fourth-order valence-corrected chi connectivity index (χ4v) is 2.44. The lowest BCUT2D eigenvalue weighted by Gasteiger charge is -2.14. The second kappa shape index (κ2) is 4.96. The quantitative estimate of drug-likeness (QED) is 0.924. The van der Waals surface area contributed by atoms with Gasteiger partial charge in [-0.2, -0.15) is 0 Å². The molecule has 1 aromatic heterocycles. The Labute approximate surface area is 112 Å². The van der Waals surface area contributed by atoms with Crippen LogP contribution >= 0.6 is 0 Å². The van der Waals surface area contributed by atoms with Gasteiger partial charge in [0, 0.05) is 17.3 Å². The molecule has 1 heterocycles. The molecule has 0 aliphatic carbocycles. The molecule has 102 valence electrons. The molecule has 0 amide bonds. The molecule has 0 fully saturated rings. The largest absolute Gasteiger partial charge is 0.497 e. The normalized spacial score (nSPS) is 11.1. The van der Waals surface area contributed by atoms with Gasteiger partial charge in [-0.15, -0.1) is 0 Å². The van der Waals surface area contributed by atoms with E-state index in [0.717, 1.165) is 16.8 Å². The van der Waals surface area contributed by atoms with Crippen molar-refractivity contribution in [1.82, 2.24) is 4.98 Å². The van der Waals surface area contributed by atoms with Crippen LogP contribution in [-0.2, 0) is 0 Å². The van der Waals surface area contributed by atoms with Crippen LogP contribution in [0.15, 0.2) is 16.9 Å². The van der Waals surface area contributed by atoms with Gasteiger partial charge in [0.05, 0.1) is 25.1 Å². The van der Waals surface area contributed by atoms with Crippen LogP contribution in [0.2, 0.25) is 0 Å². The summed E-state index contributed by atoms with van der Waals surface area (Å²) in [5.41, 5.74) is 2.45. The van der Waals surface area contributed by atoms with Crippen molar-refractivity contribution in [3.8, 4) is 11.5 Å². The standard InChI is InChI=1S/C15H19NO3/c1-8(2)13-9(3)16-14-11(15(13)17)6-10(18-4)7-12(14)19-5/h6-8H,1-5H3,(H,16,17). The van der Waals surface area contributed by atoms with E-state index < -0.39 is 0 Å². The molecule has 2 aromatic rings. The van der Waals surface area contributed by atoms with Crippen LogP contribution < -0.4 is 14.9 Å². The number of aromatic amines is 1. The highest BCUT2D eigenvalue weighted by Gasteiger charge is 2.15. The summed E-state index contributed by atoms with van der Waals surface area (Å²) in [5.74, 6) is 1.41. The number of pyridine rings is 1. The molecule has 2 rings (SSSR count). The lowest BCUT2D eigenvalue weighted by Crippen LogP contribution is -2.15. The number of hydrogen-bond acceptors (Lipinski definition) is 3. The van der Waals surface area contributed by atoms with E-state index in [2.05, 4.69) is 4.98 Å². The first-order valence-corrected chi connectivity index (χ1v) is 6.28. The zero-order valence-corrected chi connectivity index (χ0v) is 12.0. The van der Waals surface area contributed by atoms with Crippen LogP contribution in [0.25, 0.3) is 10.9 Å². The molecule has 0 spiro atoms. The smallest absolute Gasteiger partial charge is 0.193 e. The maximum Gasteiger partial charge on any atom is 0.193 e. The minimum absolute atomic E-state index is 0.0402. The summed E-state index contributed by atoms with van der Waals surface area (Å²) in [4.78, 5) is 15.9. The molecule has 0 aliphatic rings. The minimum Gasteiger partial charge on any atom is -0.497 e. The van der Waals surface area contributed by atoms with Crippen LogP contribution in [0.4, 0.5) is 0 Å². The van der Waals surface area contributed by atoms with Gasteiger partial charge in [0.1, 0.15) is 11.5 Å². The van der Waals surface area contributed by atoms with Gasteiger partial charge >= 0.3 is 0 Å². The number of methoxy groups -OCH3 is 2. The number of aromatic nitrogens is 1. The van der Waals surface area contributed by atoms with Crippen molar-refractivity contribution >= 4 is 10.9 Å². The number of hydrogen-bond donors (Lipinski definition) is 1. The number of aryl methyl sites for hydroxylation is 1. The van der Waals surface area contributed by atoms with E-state index in [-0.39, 0.29) is 11.3 Å². The summed E-state index contributed by atoms with van der Waals surface area (Å²) in [7, 11) is 3.16. The first-order valence-electron chi connectivity index (χ1n) is 6.28. The summed E-state index contributed by atoms with van der Waals surface area (Å²) in [6.07, 6.45) is 0. The molecule has 0 bridgehead atoms. The van der Waals surface area contributed by atoms with Crippen molar-refractivity contribution in [2.75, 3.05) is 14.2 Å². The Hall–Kier alpha value is -1.97. The van der Waals surface area contributed by atoms with Gasteiger partial charge in [0.2, 0.25) is 0 Å². The van der Waals surface area contributed by atoms with E-state index >= 15 is 0 Å². The third kappa shape index (κ3) is 2.18. The Bertz CT molecular complexity index is 671. The van der Waals surface area contributed by atoms with Crippen molar-refractivity contribution in [3.05, 3.63) is 33.6 Å². The molecule has 0 aliphatic heterocycles. The summed E-state index contributed by atoms with van der Waals surface area (Å²) < 4.78 is 10.5. The first-order chi connectivity index (χ1) is 8.99. The van der Waals surface area contributed by atoms with Gasteiger partial charge in [-0.05, 0) is 18.9 Å². The Kier molecular flexibility index (Phi) is 3.51. The van der Waals surface area contributed by atoms with Crippen molar-refractivity contribution in [1.29, 1.82) is 0 Å². The maximum atomic E-state index is 12.6. The predicted octanol–water partition coefficient (Wildman–Crippen LogP) is 2.98. The molecule has 0 saturated heterocycles. The summed E-state index contributed by atoms with van der Waals surface area (Å²) in [6, 6.07) is 3.52. The molecule has 1 N–H and O–H groups in total. The monoisotopic (exact) mass is 261 g/mol. The SMILES string of the molecule is COc1cc(OC)c2[nH]c(C)c(C(C)C)c(=O)c2c1. The fraction of sp³-hybridized carbons (Fsp3) is 0.400. The molecule has 4 heteroatoms. The number of benzene rings is 1. The third-order valence-electron chi connectivity index (χ3n) is 3.31. The topological polar surface area (TPSA) is 51.3 Å². The maximum absolute atomic E-state index is 12.6. The van der Waals surface area contributed by atoms with Crippen LogP contribution in [0.5, 0.6) is 11.5 Å². The molecule has 1 aromatic carbocycles. The summed E-state index contributed by atoms with van der Waals surface area (Å²) in [5, 5.41) is 0.602. The molecule has 19 heavy (non-hydrogen) atoms. The van der Waals surface area contributed by atoms with E-state index in [0.29, 0.717) is 16.9 Å². The highest BCUT2D eigenvalue weighted by molar-refractivity contribution is 5.87. The Morgan fingerprint density at radius 3 is 2.37 bits per heavy atom. The Morgan fingerprint density at radius 1 is 1.16 bits per heavy atom. The molecule has 0 saturated carbocycles. The van der Waals surface area contributed by atoms with Crippen LogP contribution in [-0.4, -0.2) is 19.2 Å². The van der Waals surface area contributed by atoms with Gasteiger partial charge in [-0.25, -0.2) is 0 Å². The van der Waals surface area contributed by atoms with E-state index in [1.54, 1.807) is 26.4 Å². The van der Waals surface area contributed by atoms with E-state index in [9.17, 15) is 4.79 Å². The number of fused-ring (bicyclic) bond motifs is 1. The lowest BCUT2D eigenvalue weighted by molar-refractivity contribution is 0.397. The number of nitrogens with one attached hydrogen (secondary N) is 1. The Balaban J connectivity index is 2.92. The number of H-pyrrole nitrogens is 1. The molecule has 0 unspecified atom stereocenters. The van der Waals surface area contributed by atoms with Crippen molar-refractivity contribution in [2.45, 2.75) is 26.7 Å². The second-order valence-electron chi connectivity index (χ2n) is 4.90. The summed E-state index contributed by atoms with van der Waals surface area (Å²) in [6.45, 7) is 5.95. The first kappa shape index (κ1) is 13.5. The van der Waals surface area contributed by atoms with Gasteiger partial charge in [-0.3, -0.25) is 4.79 Å². The van der Waals surface area contributed by atoms with Gasteiger partial charge in [0.25, 0.3) is 0 Å².